The largest absolute Gasteiger partial charge is 0.493 e. The summed E-state index contributed by atoms with van der Waals surface area (Å²) in [6, 6.07) is 26.3. The van der Waals surface area contributed by atoms with Crippen molar-refractivity contribution < 1.29 is 23.7 Å². The van der Waals surface area contributed by atoms with Crippen molar-refractivity contribution in [2.75, 3.05) is 21.3 Å². The molecule has 0 bridgehead atoms. The zero-order chi connectivity index (χ0) is 35.2. The second kappa shape index (κ2) is 15.4. The number of aromatic nitrogens is 3. The maximum Gasteiger partial charge on any atom is 0.176 e. The molecule has 0 unspecified atom stereocenters. The van der Waals surface area contributed by atoms with Crippen LogP contribution in [0.2, 0.25) is 5.02 Å². The predicted octanol–water partition coefficient (Wildman–Crippen LogP) is 8.69. The first kappa shape index (κ1) is 34.5. The van der Waals surface area contributed by atoms with Gasteiger partial charge in [-0.2, -0.15) is 10.4 Å². The van der Waals surface area contributed by atoms with Gasteiger partial charge in [0.05, 0.1) is 36.0 Å². The van der Waals surface area contributed by atoms with Gasteiger partial charge in [0, 0.05) is 49.7 Å². The molecule has 10 heteroatoms. The summed E-state index contributed by atoms with van der Waals surface area (Å²) in [5, 5.41) is 15.2. The van der Waals surface area contributed by atoms with Crippen molar-refractivity contribution in [2.24, 2.45) is 0 Å². The Hall–Kier alpha value is -5.40. The number of nitriles is 1. The molecule has 0 saturated heterocycles. The second-order valence-electron chi connectivity index (χ2n) is 11.8. The molecule has 0 spiro atoms. The van der Waals surface area contributed by atoms with Gasteiger partial charge >= 0.3 is 0 Å². The summed E-state index contributed by atoms with van der Waals surface area (Å²) < 4.78 is 30.5. The number of nitrogens with zero attached hydrogens (tertiary/aromatic N) is 4. The fourth-order valence-electron chi connectivity index (χ4n) is 6.00. The number of hydrogen-bond acceptors (Lipinski definition) is 8. The summed E-state index contributed by atoms with van der Waals surface area (Å²) in [7, 11) is 4.80. The summed E-state index contributed by atoms with van der Waals surface area (Å²) in [5.41, 5.74) is 10.1. The molecule has 254 valence electrons. The van der Waals surface area contributed by atoms with Crippen LogP contribution in [0.5, 0.6) is 17.2 Å². The molecule has 2 heterocycles. The molecule has 6 aromatic rings. The van der Waals surface area contributed by atoms with E-state index in [2.05, 4.69) is 84.6 Å². The van der Waals surface area contributed by atoms with Gasteiger partial charge in [-0.25, -0.2) is 0 Å². The first-order valence-electron chi connectivity index (χ1n) is 16.0. The average molecular weight is 689 g/mol. The third-order valence-electron chi connectivity index (χ3n) is 8.79. The average Bonchev–Trinajstić information content (AvgIpc) is 3.55. The van der Waals surface area contributed by atoms with Crippen molar-refractivity contribution in [3.8, 4) is 45.6 Å². The standard InChI is InChI=1S/C40H37ClN4O5/c1-25-30(24-50-37-17-39(38(46-3)16-35(37)41)49-23-28-14-27(18-42)19-43-20-28)8-6-10-33(25)34-11-7-9-32(26(34)2)29-12-13-36-31(15-29)21-44-45(36)22-40(47-4)48-5/h6-17,19-21,40H,22-24H2,1-5H3. The van der Waals surface area contributed by atoms with E-state index in [9.17, 15) is 5.26 Å². The van der Waals surface area contributed by atoms with E-state index in [1.54, 1.807) is 45.7 Å². The fourth-order valence-corrected chi connectivity index (χ4v) is 6.21. The molecule has 0 aliphatic heterocycles. The van der Waals surface area contributed by atoms with E-state index < -0.39 is 0 Å². The van der Waals surface area contributed by atoms with E-state index >= 15 is 0 Å². The van der Waals surface area contributed by atoms with Crippen LogP contribution < -0.4 is 14.2 Å². The lowest BCUT2D eigenvalue weighted by molar-refractivity contribution is -0.111. The van der Waals surface area contributed by atoms with Gasteiger partial charge in [-0.15, -0.1) is 0 Å². The molecule has 0 saturated carbocycles. The Morgan fingerprint density at radius 1 is 0.780 bits per heavy atom. The van der Waals surface area contributed by atoms with Crippen molar-refractivity contribution in [2.45, 2.75) is 39.9 Å². The number of fused-ring (bicyclic) bond motifs is 1. The van der Waals surface area contributed by atoms with Gasteiger partial charge in [0.15, 0.2) is 17.8 Å². The minimum absolute atomic E-state index is 0.195. The molecule has 0 amide bonds. The molecule has 0 N–H and O–H groups in total. The molecule has 50 heavy (non-hydrogen) atoms. The number of halogens is 1. The quantitative estimate of drug-likeness (QED) is 0.111. The van der Waals surface area contributed by atoms with Gasteiger partial charge in [0.1, 0.15) is 25.0 Å². The summed E-state index contributed by atoms with van der Waals surface area (Å²) in [5.74, 6) is 1.40. The predicted molar refractivity (Wildman–Crippen MR) is 194 cm³/mol. The lowest BCUT2D eigenvalue weighted by atomic mass is 9.89. The minimum Gasteiger partial charge on any atom is -0.493 e. The number of benzene rings is 4. The minimum atomic E-state index is -0.371. The summed E-state index contributed by atoms with van der Waals surface area (Å²) >= 11 is 6.62. The van der Waals surface area contributed by atoms with Crippen LogP contribution in [0.1, 0.15) is 27.8 Å². The van der Waals surface area contributed by atoms with E-state index in [0.717, 1.165) is 49.8 Å². The lowest BCUT2D eigenvalue weighted by Gasteiger charge is -2.18. The Kier molecular flexibility index (Phi) is 10.6. The molecule has 4 aromatic carbocycles. The molecule has 0 radical (unpaired) electrons. The maximum atomic E-state index is 9.20. The first-order chi connectivity index (χ1) is 24.3. The van der Waals surface area contributed by atoms with Crippen LogP contribution in [-0.4, -0.2) is 42.4 Å². The van der Waals surface area contributed by atoms with Gasteiger partial charge in [-0.05, 0) is 71.0 Å². The number of rotatable bonds is 13. The second-order valence-corrected chi connectivity index (χ2v) is 12.2. The van der Waals surface area contributed by atoms with E-state index in [1.165, 1.54) is 11.8 Å². The Labute approximate surface area is 296 Å². The topological polar surface area (TPSA) is 101 Å². The highest BCUT2D eigenvalue weighted by atomic mass is 35.5. The van der Waals surface area contributed by atoms with Crippen LogP contribution in [0.15, 0.2) is 91.4 Å². The first-order valence-corrected chi connectivity index (χ1v) is 16.4. The lowest BCUT2D eigenvalue weighted by Crippen LogP contribution is -2.21. The molecule has 0 aliphatic rings. The highest BCUT2D eigenvalue weighted by Crippen LogP contribution is 2.39. The molecule has 6 rings (SSSR count). The molecule has 0 atom stereocenters. The number of ether oxygens (including phenoxy) is 5. The van der Waals surface area contributed by atoms with Crippen molar-refractivity contribution in [1.82, 2.24) is 14.8 Å². The van der Waals surface area contributed by atoms with Crippen LogP contribution in [0.3, 0.4) is 0 Å². The van der Waals surface area contributed by atoms with Gasteiger partial charge < -0.3 is 23.7 Å². The van der Waals surface area contributed by atoms with Crippen molar-refractivity contribution in [1.29, 1.82) is 5.26 Å². The zero-order valence-corrected chi connectivity index (χ0v) is 29.3. The molecule has 2 aromatic heterocycles. The highest BCUT2D eigenvalue weighted by molar-refractivity contribution is 6.32. The van der Waals surface area contributed by atoms with Crippen LogP contribution in [0.4, 0.5) is 0 Å². The van der Waals surface area contributed by atoms with Crippen LogP contribution in [0, 0.1) is 25.2 Å². The third-order valence-corrected chi connectivity index (χ3v) is 9.09. The van der Waals surface area contributed by atoms with Crippen LogP contribution in [-0.2, 0) is 29.2 Å². The van der Waals surface area contributed by atoms with Gasteiger partial charge in [0.25, 0.3) is 0 Å². The van der Waals surface area contributed by atoms with Crippen molar-refractivity contribution in [3.05, 3.63) is 124 Å². The Morgan fingerprint density at radius 2 is 1.52 bits per heavy atom. The third kappa shape index (κ3) is 7.28. The maximum absolute atomic E-state index is 9.20. The van der Waals surface area contributed by atoms with E-state index in [0.29, 0.717) is 41.0 Å². The molecular formula is C40H37ClN4O5. The number of methoxy groups -OCH3 is 3. The SMILES string of the molecule is COc1cc(Cl)c(OCc2cccc(-c3cccc(-c4ccc5c(cnn5CC(OC)OC)c4)c3C)c2C)cc1OCc1cncc(C#N)c1. The van der Waals surface area contributed by atoms with E-state index in [-0.39, 0.29) is 12.9 Å². The molecule has 0 aliphatic carbocycles. The van der Waals surface area contributed by atoms with Crippen LogP contribution in [0.25, 0.3) is 33.2 Å². The van der Waals surface area contributed by atoms with Gasteiger partial charge in [-0.3, -0.25) is 9.67 Å². The van der Waals surface area contributed by atoms with E-state index in [1.807, 2.05) is 10.9 Å². The highest BCUT2D eigenvalue weighted by Gasteiger charge is 2.17. The van der Waals surface area contributed by atoms with E-state index in [4.69, 9.17) is 35.3 Å². The Morgan fingerprint density at radius 3 is 2.28 bits per heavy atom. The Bertz CT molecular complexity index is 2190. The van der Waals surface area contributed by atoms with Crippen LogP contribution >= 0.6 is 11.6 Å². The molecule has 9 nitrogen and oxygen atoms in total. The molecule has 0 fully saturated rings. The molecular weight excluding hydrogens is 652 g/mol. The van der Waals surface area contributed by atoms with Gasteiger partial charge in [-0.1, -0.05) is 54.1 Å². The smallest absolute Gasteiger partial charge is 0.176 e. The number of hydrogen-bond donors (Lipinski definition) is 0. The summed E-state index contributed by atoms with van der Waals surface area (Å²) in [6.45, 7) is 5.27. The van der Waals surface area contributed by atoms with Crippen molar-refractivity contribution in [3.63, 3.8) is 0 Å². The monoisotopic (exact) mass is 688 g/mol. The number of pyridine rings is 1. The zero-order valence-electron chi connectivity index (χ0n) is 28.6. The summed E-state index contributed by atoms with van der Waals surface area (Å²) in [6.07, 6.45) is 4.67. The summed E-state index contributed by atoms with van der Waals surface area (Å²) in [4.78, 5) is 4.10. The fraction of sp³-hybridized carbons (Fsp3) is 0.225. The van der Waals surface area contributed by atoms with Gasteiger partial charge in [0.2, 0.25) is 0 Å². The Balaban J connectivity index is 1.23. The normalized spacial score (nSPS) is 11.2. The van der Waals surface area contributed by atoms with Crippen molar-refractivity contribution >= 4 is 22.5 Å².